The van der Waals surface area contributed by atoms with Gasteiger partial charge < -0.3 is 5.32 Å². The lowest BCUT2D eigenvalue weighted by Crippen LogP contribution is -2.38. The largest absolute Gasteiger partial charge is 0.349 e. The molecular formula is C20H20BrN3O3S. The zero-order valence-electron chi connectivity index (χ0n) is 15.1. The second-order valence-corrected chi connectivity index (χ2v) is 9.40. The second-order valence-electron chi connectivity index (χ2n) is 6.80. The van der Waals surface area contributed by atoms with Crippen LogP contribution < -0.4 is 10.0 Å². The quantitative estimate of drug-likeness (QED) is 0.700. The van der Waals surface area contributed by atoms with Crippen LogP contribution >= 0.6 is 15.9 Å². The van der Waals surface area contributed by atoms with Gasteiger partial charge in [0.1, 0.15) is 0 Å². The smallest absolute Gasteiger partial charge is 0.261 e. The molecule has 1 amide bonds. The molecule has 0 aliphatic heterocycles. The molecule has 2 atom stereocenters. The Hall–Kier alpha value is -2.37. The lowest BCUT2D eigenvalue weighted by Gasteiger charge is -2.26. The molecule has 3 rings (SSSR count). The molecule has 146 valence electrons. The molecule has 1 saturated carbocycles. The number of nitrogens with zero attached hydrogens (tertiary/aromatic N) is 1. The van der Waals surface area contributed by atoms with E-state index in [0.29, 0.717) is 12.1 Å². The number of carbonyl (C=O) groups is 1. The van der Waals surface area contributed by atoms with Crippen LogP contribution in [-0.4, -0.2) is 20.4 Å². The fourth-order valence-electron chi connectivity index (χ4n) is 3.24. The van der Waals surface area contributed by atoms with Gasteiger partial charge in [-0.2, -0.15) is 5.26 Å². The molecule has 0 bridgehead atoms. The minimum absolute atomic E-state index is 0.0154. The van der Waals surface area contributed by atoms with Gasteiger partial charge in [0.05, 0.1) is 11.0 Å². The number of benzene rings is 2. The van der Waals surface area contributed by atoms with E-state index in [2.05, 4.69) is 32.0 Å². The minimum Gasteiger partial charge on any atom is -0.349 e. The number of sulfonamides is 1. The van der Waals surface area contributed by atoms with Crippen LogP contribution in [0.4, 0.5) is 5.69 Å². The number of amides is 1. The summed E-state index contributed by atoms with van der Waals surface area (Å²) in [7, 11) is -3.82. The van der Waals surface area contributed by atoms with Crippen LogP contribution in [0.3, 0.4) is 0 Å². The summed E-state index contributed by atoms with van der Waals surface area (Å²) in [5.74, 6) is -0.370. The van der Waals surface area contributed by atoms with Crippen LogP contribution in [0.25, 0.3) is 0 Å². The molecule has 1 fully saturated rings. The van der Waals surface area contributed by atoms with Crippen molar-refractivity contribution in [3.05, 3.63) is 58.6 Å². The zero-order chi connectivity index (χ0) is 20.1. The molecule has 1 aliphatic rings. The number of hydrogen-bond acceptors (Lipinski definition) is 4. The van der Waals surface area contributed by atoms with Crippen LogP contribution in [0.1, 0.15) is 36.0 Å². The molecule has 2 unspecified atom stereocenters. The van der Waals surface area contributed by atoms with Crippen molar-refractivity contribution in [1.29, 1.82) is 5.26 Å². The SMILES string of the molecule is N#CC1CCCC(NC(=O)c2cccc(S(=O)(=O)Nc3ccc(Br)cc3)c2)C1. The van der Waals surface area contributed by atoms with Crippen LogP contribution in [0, 0.1) is 17.2 Å². The Bertz CT molecular complexity index is 1000. The number of carbonyl (C=O) groups excluding carboxylic acids is 1. The number of hydrogen-bond donors (Lipinski definition) is 2. The third-order valence-corrected chi connectivity index (χ3v) is 6.60. The Morgan fingerprint density at radius 3 is 2.61 bits per heavy atom. The van der Waals surface area contributed by atoms with E-state index in [1.807, 2.05) is 0 Å². The molecule has 2 aromatic carbocycles. The highest BCUT2D eigenvalue weighted by molar-refractivity contribution is 9.10. The summed E-state index contributed by atoms with van der Waals surface area (Å²) in [4.78, 5) is 12.6. The summed E-state index contributed by atoms with van der Waals surface area (Å²) in [6.45, 7) is 0. The molecule has 28 heavy (non-hydrogen) atoms. The van der Waals surface area contributed by atoms with E-state index >= 15 is 0 Å². The summed E-state index contributed by atoms with van der Waals surface area (Å²) in [6.07, 6.45) is 3.21. The molecule has 8 heteroatoms. The molecule has 0 aromatic heterocycles. The maximum atomic E-state index is 12.6. The van der Waals surface area contributed by atoms with Gasteiger partial charge in [0, 0.05) is 27.7 Å². The average molecular weight is 462 g/mol. The van der Waals surface area contributed by atoms with Gasteiger partial charge in [0.25, 0.3) is 15.9 Å². The fraction of sp³-hybridized carbons (Fsp3) is 0.300. The first kappa shape index (κ1) is 20.4. The second kappa shape index (κ2) is 8.76. The van der Waals surface area contributed by atoms with Gasteiger partial charge in [0.15, 0.2) is 0 Å². The fourth-order valence-corrected chi connectivity index (χ4v) is 4.61. The highest BCUT2D eigenvalue weighted by atomic mass is 79.9. The van der Waals surface area contributed by atoms with E-state index in [-0.39, 0.29) is 28.3 Å². The molecular weight excluding hydrogens is 442 g/mol. The first-order chi connectivity index (χ1) is 13.4. The van der Waals surface area contributed by atoms with Crippen molar-refractivity contribution in [2.45, 2.75) is 36.6 Å². The van der Waals surface area contributed by atoms with Gasteiger partial charge in [-0.15, -0.1) is 0 Å². The lowest BCUT2D eigenvalue weighted by molar-refractivity contribution is 0.0923. The molecule has 0 spiro atoms. The predicted octanol–water partition coefficient (Wildman–Crippen LogP) is 4.06. The molecule has 2 aromatic rings. The summed E-state index contributed by atoms with van der Waals surface area (Å²) < 4.78 is 28.6. The molecule has 6 nitrogen and oxygen atoms in total. The third kappa shape index (κ3) is 5.12. The average Bonchev–Trinajstić information content (AvgIpc) is 2.70. The number of anilines is 1. The minimum atomic E-state index is -3.82. The van der Waals surface area contributed by atoms with Crippen molar-refractivity contribution in [3.8, 4) is 6.07 Å². The number of rotatable bonds is 5. The summed E-state index contributed by atoms with van der Waals surface area (Å²) in [5.41, 5.74) is 0.709. The standard InChI is InChI=1S/C20H20BrN3O3S/c21-16-7-9-17(10-8-16)24-28(26,27)19-6-2-4-15(12-19)20(25)23-18-5-1-3-14(11-18)13-22/h2,4,6-10,12,14,18,24H,1,3,5,11H2,(H,23,25). The van der Waals surface area contributed by atoms with Crippen LogP contribution in [0.2, 0.25) is 0 Å². The Morgan fingerprint density at radius 1 is 1.14 bits per heavy atom. The van der Waals surface area contributed by atoms with Gasteiger partial charge in [-0.25, -0.2) is 8.42 Å². The third-order valence-electron chi connectivity index (χ3n) is 4.69. The number of nitrogens with one attached hydrogen (secondary N) is 2. The maximum Gasteiger partial charge on any atom is 0.261 e. The topological polar surface area (TPSA) is 99.1 Å². The summed E-state index contributed by atoms with van der Waals surface area (Å²) >= 11 is 3.30. The van der Waals surface area contributed by atoms with E-state index in [1.165, 1.54) is 12.1 Å². The van der Waals surface area contributed by atoms with Crippen molar-refractivity contribution < 1.29 is 13.2 Å². The van der Waals surface area contributed by atoms with Crippen molar-refractivity contribution in [3.63, 3.8) is 0 Å². The van der Waals surface area contributed by atoms with Crippen molar-refractivity contribution in [1.82, 2.24) is 5.32 Å². The van der Waals surface area contributed by atoms with Crippen molar-refractivity contribution in [2.24, 2.45) is 5.92 Å². The van der Waals surface area contributed by atoms with Crippen LogP contribution in [-0.2, 0) is 10.0 Å². The lowest BCUT2D eigenvalue weighted by atomic mass is 9.86. The molecule has 2 N–H and O–H groups in total. The molecule has 0 heterocycles. The number of nitriles is 1. The van der Waals surface area contributed by atoms with E-state index < -0.39 is 10.0 Å². The zero-order valence-corrected chi connectivity index (χ0v) is 17.5. The highest BCUT2D eigenvalue weighted by Gasteiger charge is 2.24. The normalized spacial score (nSPS) is 19.4. The Kier molecular flexibility index (Phi) is 6.37. The van der Waals surface area contributed by atoms with Gasteiger partial charge in [-0.1, -0.05) is 28.4 Å². The predicted molar refractivity (Wildman–Crippen MR) is 110 cm³/mol. The van der Waals surface area contributed by atoms with E-state index in [0.717, 1.165) is 23.7 Å². The van der Waals surface area contributed by atoms with Crippen LogP contribution in [0.15, 0.2) is 57.9 Å². The van der Waals surface area contributed by atoms with Gasteiger partial charge in [-0.3, -0.25) is 9.52 Å². The molecule has 0 radical (unpaired) electrons. The molecule has 1 aliphatic carbocycles. The Balaban J connectivity index is 1.73. The van der Waals surface area contributed by atoms with E-state index in [9.17, 15) is 13.2 Å². The highest BCUT2D eigenvalue weighted by Crippen LogP contribution is 2.24. The Labute approximate surface area is 173 Å². The van der Waals surface area contributed by atoms with E-state index in [1.54, 1.807) is 36.4 Å². The van der Waals surface area contributed by atoms with Gasteiger partial charge >= 0.3 is 0 Å². The summed E-state index contributed by atoms with van der Waals surface area (Å²) in [6, 6.07) is 14.9. The van der Waals surface area contributed by atoms with Crippen LogP contribution in [0.5, 0.6) is 0 Å². The van der Waals surface area contributed by atoms with E-state index in [4.69, 9.17) is 5.26 Å². The van der Waals surface area contributed by atoms with Gasteiger partial charge in [0.2, 0.25) is 0 Å². The van der Waals surface area contributed by atoms with Crippen molar-refractivity contribution >= 4 is 37.5 Å². The first-order valence-electron chi connectivity index (χ1n) is 8.96. The maximum absolute atomic E-state index is 12.6. The first-order valence-corrected chi connectivity index (χ1v) is 11.2. The Morgan fingerprint density at radius 2 is 1.89 bits per heavy atom. The van der Waals surface area contributed by atoms with Gasteiger partial charge in [-0.05, 0) is 61.7 Å². The number of halogens is 1. The summed E-state index contributed by atoms with van der Waals surface area (Å²) in [5, 5.41) is 12.0. The van der Waals surface area contributed by atoms with Crippen molar-refractivity contribution in [2.75, 3.05) is 4.72 Å². The monoisotopic (exact) mass is 461 g/mol. The molecule has 0 saturated heterocycles.